The summed E-state index contributed by atoms with van der Waals surface area (Å²) in [6.45, 7) is 7.09. The van der Waals surface area contributed by atoms with E-state index in [-0.39, 0.29) is 18.1 Å². The Labute approximate surface area is 204 Å². The largest absolute Gasteiger partial charge is 0.340 e. The molecule has 0 spiro atoms. The highest BCUT2D eigenvalue weighted by atomic mass is 32.1. The minimum atomic E-state index is -0.266. The van der Waals surface area contributed by atoms with Gasteiger partial charge in [0.1, 0.15) is 10.7 Å². The van der Waals surface area contributed by atoms with Gasteiger partial charge in [-0.05, 0) is 29.9 Å². The van der Waals surface area contributed by atoms with Crippen LogP contribution in [0.25, 0.3) is 0 Å². The minimum absolute atomic E-state index is 0.0682. The van der Waals surface area contributed by atoms with Gasteiger partial charge in [-0.25, -0.2) is 0 Å². The highest BCUT2D eigenvalue weighted by Gasteiger charge is 2.43. The average molecular weight is 481 g/mol. The summed E-state index contributed by atoms with van der Waals surface area (Å²) in [4.78, 5) is 34.9. The van der Waals surface area contributed by atoms with Gasteiger partial charge in [0, 0.05) is 52.1 Å². The fraction of sp³-hybridized carbons (Fsp3) is 0.480. The molecule has 1 fully saturated rings. The van der Waals surface area contributed by atoms with Gasteiger partial charge in [0.25, 0.3) is 5.91 Å². The standard InChI is InChI=1S/C25H32N6O2S/c1-2-12-30-24(33)23-20(11-17-34-23)31-21(26-27-25(30)31)9-6-10-22(32)29-15-13-28(14-16-29)18-19-7-4-3-5-8-19/h3-5,7-8,11,17,25,27H,2,6,9-10,12-16,18H2,1H3. The smallest absolute Gasteiger partial charge is 0.269 e. The van der Waals surface area contributed by atoms with E-state index in [9.17, 15) is 9.59 Å². The summed E-state index contributed by atoms with van der Waals surface area (Å²) in [6, 6.07) is 12.5. The van der Waals surface area contributed by atoms with Crippen molar-refractivity contribution in [2.45, 2.75) is 45.4 Å². The Morgan fingerprint density at radius 1 is 1.15 bits per heavy atom. The van der Waals surface area contributed by atoms with Crippen molar-refractivity contribution in [3.8, 4) is 0 Å². The third kappa shape index (κ3) is 4.54. The van der Waals surface area contributed by atoms with Gasteiger partial charge >= 0.3 is 0 Å². The molecule has 3 aliphatic rings. The van der Waals surface area contributed by atoms with E-state index in [1.165, 1.54) is 16.9 Å². The maximum absolute atomic E-state index is 12.9. The molecule has 0 aliphatic carbocycles. The first-order valence-corrected chi connectivity index (χ1v) is 13.1. The van der Waals surface area contributed by atoms with Gasteiger partial charge in [-0.2, -0.15) is 5.10 Å². The highest BCUT2D eigenvalue weighted by molar-refractivity contribution is 7.12. The number of carbonyl (C=O) groups is 2. The molecule has 0 bridgehead atoms. The lowest BCUT2D eigenvalue weighted by Gasteiger charge is -2.39. The molecule has 1 aromatic carbocycles. The number of piperazine rings is 1. The zero-order valence-corrected chi connectivity index (χ0v) is 20.5. The molecular formula is C25H32N6O2S. The first-order valence-electron chi connectivity index (χ1n) is 12.2. The van der Waals surface area contributed by atoms with Crippen LogP contribution in [-0.4, -0.2) is 71.4 Å². The molecule has 0 saturated carbocycles. The molecule has 1 saturated heterocycles. The van der Waals surface area contributed by atoms with Crippen LogP contribution in [-0.2, 0) is 11.3 Å². The van der Waals surface area contributed by atoms with Crippen LogP contribution in [0.4, 0.5) is 5.69 Å². The first kappa shape index (κ1) is 22.9. The second-order valence-electron chi connectivity index (χ2n) is 9.03. The molecule has 9 heteroatoms. The number of nitrogens with zero attached hydrogens (tertiary/aromatic N) is 5. The molecule has 180 valence electrons. The van der Waals surface area contributed by atoms with Gasteiger partial charge in [-0.1, -0.05) is 37.3 Å². The van der Waals surface area contributed by atoms with Gasteiger partial charge in [0.05, 0.1) is 5.69 Å². The Morgan fingerprint density at radius 3 is 2.71 bits per heavy atom. The van der Waals surface area contributed by atoms with E-state index in [4.69, 9.17) is 0 Å². The van der Waals surface area contributed by atoms with Crippen molar-refractivity contribution < 1.29 is 9.59 Å². The Balaban J connectivity index is 1.12. The zero-order valence-electron chi connectivity index (χ0n) is 19.7. The summed E-state index contributed by atoms with van der Waals surface area (Å²) in [5.74, 6) is 1.19. The summed E-state index contributed by atoms with van der Waals surface area (Å²) in [6.07, 6.45) is 2.59. The molecular weight excluding hydrogens is 448 g/mol. The molecule has 8 nitrogen and oxygen atoms in total. The second kappa shape index (κ2) is 10.1. The van der Waals surface area contributed by atoms with E-state index in [0.29, 0.717) is 19.4 Å². The molecule has 0 radical (unpaired) electrons. The monoisotopic (exact) mass is 480 g/mol. The average Bonchev–Trinajstić information content (AvgIpc) is 3.50. The third-order valence-corrected chi connectivity index (χ3v) is 7.61. The van der Waals surface area contributed by atoms with Crippen LogP contribution >= 0.6 is 11.3 Å². The van der Waals surface area contributed by atoms with E-state index in [1.807, 2.05) is 27.3 Å². The molecule has 4 heterocycles. The Hall–Kier alpha value is -2.91. The number of nitrogens with one attached hydrogen (secondary N) is 1. The SMILES string of the molecule is CCCN1C(=O)c2sccc2N2C(CCCC(=O)N3CCN(Cc4ccccc4)CC3)=NNC12. The molecule has 1 aromatic heterocycles. The molecule has 3 aliphatic heterocycles. The van der Waals surface area contributed by atoms with Crippen LogP contribution in [0.3, 0.4) is 0 Å². The molecule has 2 aromatic rings. The van der Waals surface area contributed by atoms with Crippen LogP contribution in [0.1, 0.15) is 47.8 Å². The van der Waals surface area contributed by atoms with Crippen LogP contribution in [0, 0.1) is 0 Å². The molecule has 2 amide bonds. The van der Waals surface area contributed by atoms with Gasteiger partial charge in [0.15, 0.2) is 0 Å². The summed E-state index contributed by atoms with van der Waals surface area (Å²) < 4.78 is 0. The molecule has 1 unspecified atom stereocenters. The number of fused-ring (bicyclic) bond motifs is 3. The lowest BCUT2D eigenvalue weighted by atomic mass is 10.1. The predicted octanol–water partition coefficient (Wildman–Crippen LogP) is 3.14. The minimum Gasteiger partial charge on any atom is -0.340 e. The van der Waals surface area contributed by atoms with E-state index in [0.717, 1.165) is 62.0 Å². The molecule has 1 atom stereocenters. The maximum atomic E-state index is 12.9. The summed E-state index contributed by atoms with van der Waals surface area (Å²) >= 11 is 1.48. The number of thiophene rings is 1. The number of benzene rings is 1. The Kier molecular flexibility index (Phi) is 6.82. The van der Waals surface area contributed by atoms with Gasteiger partial charge in [-0.15, -0.1) is 11.3 Å². The highest BCUT2D eigenvalue weighted by Crippen LogP contribution is 2.37. The zero-order chi connectivity index (χ0) is 23.5. The normalized spacial score (nSPS) is 20.1. The quantitative estimate of drug-likeness (QED) is 0.629. The van der Waals surface area contributed by atoms with Crippen LogP contribution < -0.4 is 10.3 Å². The lowest BCUT2D eigenvalue weighted by Crippen LogP contribution is -2.58. The number of carbonyl (C=O) groups excluding carboxylic acids is 2. The number of amidine groups is 1. The van der Waals surface area contributed by atoms with Gasteiger partial charge in [0.2, 0.25) is 12.2 Å². The van der Waals surface area contributed by atoms with Crippen LogP contribution in [0.2, 0.25) is 0 Å². The van der Waals surface area contributed by atoms with Crippen molar-refractivity contribution >= 4 is 34.7 Å². The van der Waals surface area contributed by atoms with Crippen LogP contribution in [0.15, 0.2) is 46.9 Å². The number of hydrogen-bond donors (Lipinski definition) is 1. The van der Waals surface area contributed by atoms with Crippen LogP contribution in [0.5, 0.6) is 0 Å². The number of anilines is 1. The van der Waals surface area contributed by atoms with Crippen molar-refractivity contribution in [1.82, 2.24) is 20.1 Å². The van der Waals surface area contributed by atoms with Crippen molar-refractivity contribution in [2.75, 3.05) is 37.6 Å². The second-order valence-corrected chi connectivity index (χ2v) is 9.95. The fourth-order valence-corrected chi connectivity index (χ4v) is 5.79. The predicted molar refractivity (Wildman–Crippen MR) is 135 cm³/mol. The Morgan fingerprint density at radius 2 is 1.94 bits per heavy atom. The first-order chi connectivity index (χ1) is 16.7. The number of rotatable bonds is 8. The van der Waals surface area contributed by atoms with E-state index in [1.54, 1.807) is 0 Å². The van der Waals surface area contributed by atoms with E-state index in [2.05, 4.69) is 51.5 Å². The van der Waals surface area contributed by atoms with Crippen molar-refractivity contribution in [1.29, 1.82) is 0 Å². The number of hydrogen-bond acceptors (Lipinski definition) is 7. The summed E-state index contributed by atoms with van der Waals surface area (Å²) in [7, 11) is 0. The number of amides is 2. The molecule has 1 N–H and O–H groups in total. The fourth-order valence-electron chi connectivity index (χ4n) is 4.95. The van der Waals surface area contributed by atoms with Crippen molar-refractivity contribution in [3.63, 3.8) is 0 Å². The topological polar surface area (TPSA) is 71.5 Å². The maximum Gasteiger partial charge on any atom is 0.269 e. The molecule has 34 heavy (non-hydrogen) atoms. The third-order valence-electron chi connectivity index (χ3n) is 6.72. The summed E-state index contributed by atoms with van der Waals surface area (Å²) in [5, 5.41) is 6.52. The lowest BCUT2D eigenvalue weighted by molar-refractivity contribution is -0.133. The van der Waals surface area contributed by atoms with E-state index >= 15 is 0 Å². The number of hydrazone groups is 1. The van der Waals surface area contributed by atoms with Crippen molar-refractivity contribution in [2.24, 2.45) is 5.10 Å². The van der Waals surface area contributed by atoms with Gasteiger partial charge < -0.3 is 4.90 Å². The summed E-state index contributed by atoms with van der Waals surface area (Å²) in [5.41, 5.74) is 5.40. The van der Waals surface area contributed by atoms with Crippen molar-refractivity contribution in [3.05, 3.63) is 52.2 Å². The Bertz CT molecular complexity index is 1050. The van der Waals surface area contributed by atoms with Gasteiger partial charge in [-0.3, -0.25) is 29.7 Å². The van der Waals surface area contributed by atoms with E-state index < -0.39 is 0 Å². The molecule has 5 rings (SSSR count).